The van der Waals surface area contributed by atoms with Crippen LogP contribution in [0.15, 0.2) is 23.4 Å². The number of hydrogen-bond acceptors (Lipinski definition) is 5. The number of nitrogens with zero attached hydrogens (tertiary/aromatic N) is 2. The van der Waals surface area contributed by atoms with Gasteiger partial charge in [-0.2, -0.15) is 4.31 Å². The van der Waals surface area contributed by atoms with Gasteiger partial charge in [0.1, 0.15) is 0 Å². The van der Waals surface area contributed by atoms with Crippen LogP contribution in [-0.2, 0) is 19.6 Å². The van der Waals surface area contributed by atoms with Gasteiger partial charge in [-0.1, -0.05) is 0 Å². The fourth-order valence-electron chi connectivity index (χ4n) is 1.31. The number of halogens is 1. The summed E-state index contributed by atoms with van der Waals surface area (Å²) in [6, 6.07) is 2.31. The Bertz CT molecular complexity index is 547. The lowest BCUT2D eigenvalue weighted by Gasteiger charge is -2.16. The Morgan fingerprint density at radius 1 is 1.53 bits per heavy atom. The van der Waals surface area contributed by atoms with Crippen molar-refractivity contribution >= 4 is 16.0 Å². The van der Waals surface area contributed by atoms with E-state index in [0.717, 1.165) is 10.4 Å². The Morgan fingerprint density at radius 2 is 2.21 bits per heavy atom. The number of pyridine rings is 1. The third-order valence-corrected chi connectivity index (χ3v) is 4.11. The Morgan fingerprint density at radius 3 is 2.79 bits per heavy atom. The minimum Gasteiger partial charge on any atom is -0.466 e. The van der Waals surface area contributed by atoms with Crippen LogP contribution in [0.3, 0.4) is 0 Å². The van der Waals surface area contributed by atoms with Crippen molar-refractivity contribution in [2.75, 3.05) is 20.2 Å². The summed E-state index contributed by atoms with van der Waals surface area (Å²) in [5.41, 5.74) is 0. The van der Waals surface area contributed by atoms with Crippen LogP contribution < -0.4 is 0 Å². The molecule has 6 nitrogen and oxygen atoms in total. The van der Waals surface area contributed by atoms with Crippen molar-refractivity contribution in [3.63, 3.8) is 0 Å². The van der Waals surface area contributed by atoms with Gasteiger partial charge in [-0.05, 0) is 19.1 Å². The van der Waals surface area contributed by atoms with Crippen molar-refractivity contribution in [1.29, 1.82) is 0 Å². The average Bonchev–Trinajstić information content (AvgIpc) is 2.36. The molecule has 0 saturated heterocycles. The Hall–Kier alpha value is -1.54. The lowest BCUT2D eigenvalue weighted by molar-refractivity contribution is -0.143. The molecule has 19 heavy (non-hydrogen) atoms. The van der Waals surface area contributed by atoms with Crippen molar-refractivity contribution in [1.82, 2.24) is 9.29 Å². The summed E-state index contributed by atoms with van der Waals surface area (Å²) in [5.74, 6) is -1.43. The summed E-state index contributed by atoms with van der Waals surface area (Å²) in [6.07, 6.45) is 1.09. The fourth-order valence-corrected chi connectivity index (χ4v) is 2.45. The number of aromatic nitrogens is 1. The van der Waals surface area contributed by atoms with Crippen LogP contribution in [0, 0.1) is 5.82 Å². The molecule has 0 N–H and O–H groups in total. The number of ether oxygens (including phenoxy) is 1. The maximum absolute atomic E-state index is 13.4. The molecule has 0 fully saturated rings. The molecule has 1 rings (SSSR count). The molecule has 106 valence electrons. The van der Waals surface area contributed by atoms with Crippen LogP contribution in [0.4, 0.5) is 4.39 Å². The van der Waals surface area contributed by atoms with E-state index in [1.807, 2.05) is 0 Å². The first kappa shape index (κ1) is 15.5. The third-order valence-electron chi connectivity index (χ3n) is 2.32. The molecule has 0 spiro atoms. The van der Waals surface area contributed by atoms with E-state index in [9.17, 15) is 17.6 Å². The van der Waals surface area contributed by atoms with E-state index in [2.05, 4.69) is 9.72 Å². The number of carbonyl (C=O) groups excluding carboxylic acids is 1. The van der Waals surface area contributed by atoms with Gasteiger partial charge in [0.25, 0.3) is 10.0 Å². The maximum Gasteiger partial charge on any atom is 0.307 e. The Balaban J connectivity index is 2.78. The molecule has 1 aromatic heterocycles. The van der Waals surface area contributed by atoms with Crippen molar-refractivity contribution in [3.8, 4) is 0 Å². The molecule has 8 heteroatoms. The van der Waals surface area contributed by atoms with Crippen molar-refractivity contribution in [3.05, 3.63) is 24.1 Å². The monoisotopic (exact) mass is 290 g/mol. The number of hydrogen-bond donors (Lipinski definition) is 0. The number of carbonyl (C=O) groups is 1. The molecule has 0 aliphatic rings. The molecule has 0 radical (unpaired) electrons. The van der Waals surface area contributed by atoms with Crippen LogP contribution in [0.2, 0.25) is 0 Å². The largest absolute Gasteiger partial charge is 0.466 e. The first-order valence-corrected chi connectivity index (χ1v) is 7.06. The Labute approximate surface area is 111 Å². The molecule has 0 atom stereocenters. The van der Waals surface area contributed by atoms with Crippen LogP contribution in [0.1, 0.15) is 13.3 Å². The second-order valence-corrected chi connectivity index (χ2v) is 5.63. The van der Waals surface area contributed by atoms with Gasteiger partial charge in [0, 0.05) is 19.8 Å². The van der Waals surface area contributed by atoms with Crippen molar-refractivity contribution < 1.29 is 22.3 Å². The molecule has 1 aromatic rings. The zero-order chi connectivity index (χ0) is 14.5. The van der Waals surface area contributed by atoms with Crippen LogP contribution in [-0.4, -0.2) is 43.9 Å². The predicted octanol–water partition coefficient (Wildman–Crippen LogP) is 0.794. The molecule has 0 unspecified atom stereocenters. The van der Waals surface area contributed by atoms with E-state index in [1.54, 1.807) is 6.92 Å². The van der Waals surface area contributed by atoms with E-state index in [1.165, 1.54) is 19.3 Å². The smallest absolute Gasteiger partial charge is 0.307 e. The molecule has 0 saturated carbocycles. The van der Waals surface area contributed by atoms with Crippen LogP contribution in [0.5, 0.6) is 0 Å². The van der Waals surface area contributed by atoms with Crippen molar-refractivity contribution in [2.45, 2.75) is 18.4 Å². The second kappa shape index (κ2) is 6.58. The van der Waals surface area contributed by atoms with Gasteiger partial charge in [0.15, 0.2) is 5.82 Å². The molecule has 0 aliphatic heterocycles. The highest BCUT2D eigenvalue weighted by atomic mass is 32.2. The minimum absolute atomic E-state index is 0.0992. The van der Waals surface area contributed by atoms with Gasteiger partial charge in [-0.15, -0.1) is 0 Å². The van der Waals surface area contributed by atoms with Crippen LogP contribution in [0.25, 0.3) is 0 Å². The quantitative estimate of drug-likeness (QED) is 0.724. The van der Waals surface area contributed by atoms with E-state index in [0.29, 0.717) is 0 Å². The second-order valence-electron chi connectivity index (χ2n) is 3.67. The summed E-state index contributed by atoms with van der Waals surface area (Å²) < 4.78 is 42.9. The lowest BCUT2D eigenvalue weighted by Crippen LogP contribution is -2.30. The van der Waals surface area contributed by atoms with Crippen molar-refractivity contribution in [2.24, 2.45) is 0 Å². The fraction of sp³-hybridized carbons (Fsp3) is 0.455. The van der Waals surface area contributed by atoms with Gasteiger partial charge in [-0.25, -0.2) is 17.8 Å². The average molecular weight is 290 g/mol. The summed E-state index contributed by atoms with van der Waals surface area (Å²) in [6.45, 7) is 1.78. The van der Waals surface area contributed by atoms with Crippen LogP contribution >= 0.6 is 0 Å². The third kappa shape index (κ3) is 3.97. The highest BCUT2D eigenvalue weighted by molar-refractivity contribution is 7.89. The molecule has 1 heterocycles. The summed E-state index contributed by atoms with van der Waals surface area (Å²) in [4.78, 5) is 14.7. The van der Waals surface area contributed by atoms with Gasteiger partial charge >= 0.3 is 5.97 Å². The normalized spacial score (nSPS) is 11.6. The Kier molecular flexibility index (Phi) is 5.37. The minimum atomic E-state index is -4.04. The maximum atomic E-state index is 13.4. The SMILES string of the molecule is CCOC(=O)CCN(C)S(=O)(=O)c1ncccc1F. The molecular formula is C11H15FN2O4S. The first-order valence-electron chi connectivity index (χ1n) is 5.62. The molecular weight excluding hydrogens is 275 g/mol. The zero-order valence-corrected chi connectivity index (χ0v) is 11.5. The van der Waals surface area contributed by atoms with Gasteiger partial charge < -0.3 is 4.74 Å². The van der Waals surface area contributed by atoms with Gasteiger partial charge in [0.05, 0.1) is 13.0 Å². The molecule has 0 aliphatic carbocycles. The van der Waals surface area contributed by atoms with E-state index >= 15 is 0 Å². The molecule has 0 bridgehead atoms. The topological polar surface area (TPSA) is 76.6 Å². The lowest BCUT2D eigenvalue weighted by atomic mass is 10.4. The number of rotatable bonds is 6. The number of sulfonamides is 1. The van der Waals surface area contributed by atoms with E-state index in [4.69, 9.17) is 0 Å². The first-order chi connectivity index (χ1) is 8.89. The molecule has 0 aromatic carbocycles. The zero-order valence-electron chi connectivity index (χ0n) is 10.7. The predicted molar refractivity (Wildman–Crippen MR) is 65.3 cm³/mol. The standard InChI is InChI=1S/C11H15FN2O4S/c1-3-18-10(15)6-8-14(2)19(16,17)11-9(12)5-4-7-13-11/h4-5,7H,3,6,8H2,1-2H3. The van der Waals surface area contributed by atoms with E-state index < -0.39 is 26.8 Å². The summed E-state index contributed by atoms with van der Waals surface area (Å²) >= 11 is 0. The highest BCUT2D eigenvalue weighted by Gasteiger charge is 2.26. The van der Waals surface area contributed by atoms with Gasteiger partial charge in [-0.3, -0.25) is 4.79 Å². The number of esters is 1. The highest BCUT2D eigenvalue weighted by Crippen LogP contribution is 2.15. The summed E-state index contributed by atoms with van der Waals surface area (Å²) in [5, 5.41) is -0.652. The molecule has 0 amide bonds. The van der Waals surface area contributed by atoms with Gasteiger partial charge in [0.2, 0.25) is 5.03 Å². The van der Waals surface area contributed by atoms with E-state index in [-0.39, 0.29) is 19.6 Å². The summed E-state index contributed by atoms with van der Waals surface area (Å²) in [7, 11) is -2.79.